The fourth-order valence-electron chi connectivity index (χ4n) is 3.23. The third-order valence-corrected chi connectivity index (χ3v) is 5.10. The summed E-state index contributed by atoms with van der Waals surface area (Å²) in [5.74, 6) is -0.848. The van der Waals surface area contributed by atoms with Crippen molar-refractivity contribution in [1.29, 1.82) is 0 Å². The summed E-state index contributed by atoms with van der Waals surface area (Å²) >= 11 is 11.5. The monoisotopic (exact) mass is 372 g/mol. The lowest BCUT2D eigenvalue weighted by Gasteiger charge is -2.43. The van der Waals surface area contributed by atoms with E-state index in [-0.39, 0.29) is 40.4 Å². The van der Waals surface area contributed by atoms with Crippen LogP contribution in [0, 0.1) is 0 Å². The summed E-state index contributed by atoms with van der Waals surface area (Å²) in [6.45, 7) is 0.756. The first-order valence-corrected chi connectivity index (χ1v) is 8.71. The van der Waals surface area contributed by atoms with E-state index in [1.807, 2.05) is 0 Å². The van der Waals surface area contributed by atoms with E-state index in [9.17, 15) is 9.59 Å². The van der Waals surface area contributed by atoms with Crippen LogP contribution in [0.25, 0.3) is 0 Å². The maximum Gasteiger partial charge on any atom is 0.340 e. The Morgan fingerprint density at radius 1 is 1.33 bits per heavy atom. The van der Waals surface area contributed by atoms with Crippen molar-refractivity contribution in [3.05, 3.63) is 28.0 Å². The summed E-state index contributed by atoms with van der Waals surface area (Å²) in [7, 11) is 0. The van der Waals surface area contributed by atoms with E-state index in [2.05, 4.69) is 4.98 Å². The van der Waals surface area contributed by atoms with Crippen LogP contribution in [0.5, 0.6) is 0 Å². The molecular weight excluding hydrogens is 355 g/mol. The molecule has 2 atom stereocenters. The minimum Gasteiger partial charge on any atom is -0.452 e. The molecule has 1 aliphatic carbocycles. The van der Waals surface area contributed by atoms with Gasteiger partial charge in [-0.25, -0.2) is 9.78 Å². The van der Waals surface area contributed by atoms with E-state index in [1.165, 1.54) is 12.3 Å². The van der Waals surface area contributed by atoms with E-state index in [0.717, 1.165) is 25.7 Å². The zero-order valence-corrected chi connectivity index (χ0v) is 14.6. The van der Waals surface area contributed by atoms with Crippen molar-refractivity contribution in [2.45, 2.75) is 37.8 Å². The van der Waals surface area contributed by atoms with Gasteiger partial charge in [0.2, 0.25) is 0 Å². The summed E-state index contributed by atoms with van der Waals surface area (Å²) in [5, 5.41) is 0.275. The first-order valence-electron chi connectivity index (χ1n) is 7.95. The molecule has 1 aromatic rings. The van der Waals surface area contributed by atoms with Gasteiger partial charge in [-0.05, 0) is 18.9 Å². The van der Waals surface area contributed by atoms with Crippen LogP contribution in [0.3, 0.4) is 0 Å². The predicted molar refractivity (Wildman–Crippen MR) is 88.2 cm³/mol. The Kier molecular flexibility index (Phi) is 5.58. The fourth-order valence-corrected chi connectivity index (χ4v) is 3.50. The van der Waals surface area contributed by atoms with Crippen LogP contribution in [-0.4, -0.2) is 53.7 Å². The van der Waals surface area contributed by atoms with Crippen molar-refractivity contribution < 1.29 is 19.1 Å². The summed E-state index contributed by atoms with van der Waals surface area (Å²) in [5.41, 5.74) is 0.162. The van der Waals surface area contributed by atoms with Gasteiger partial charge >= 0.3 is 5.97 Å². The molecule has 8 heteroatoms. The number of carbonyl (C=O) groups excluding carboxylic acids is 2. The quantitative estimate of drug-likeness (QED) is 0.602. The van der Waals surface area contributed by atoms with Gasteiger partial charge in [-0.15, -0.1) is 0 Å². The number of fused-ring (bicyclic) bond motifs is 1. The second-order valence-electron chi connectivity index (χ2n) is 5.92. The number of ether oxygens (including phenoxy) is 2. The molecule has 6 nitrogen and oxygen atoms in total. The van der Waals surface area contributed by atoms with Crippen molar-refractivity contribution in [2.75, 3.05) is 19.8 Å². The standard InChI is InChI=1S/C16H18Cl2N2O4/c17-11-7-10(8-19-15(11)18)16(22)24-9-14(21)20-5-6-23-13-4-2-1-3-12(13)20/h7-8,12-13H,1-6,9H2/t12-,13-/m0/s1. The molecule has 1 aliphatic heterocycles. The molecule has 3 rings (SSSR count). The first kappa shape index (κ1) is 17.5. The maximum absolute atomic E-state index is 12.4. The number of esters is 1. The number of hydrogen-bond donors (Lipinski definition) is 0. The van der Waals surface area contributed by atoms with E-state index in [0.29, 0.717) is 13.2 Å². The van der Waals surface area contributed by atoms with Crippen LogP contribution >= 0.6 is 23.2 Å². The number of pyridine rings is 1. The van der Waals surface area contributed by atoms with Crippen LogP contribution in [0.4, 0.5) is 0 Å². The number of morpholine rings is 1. The molecule has 0 unspecified atom stereocenters. The molecule has 0 bridgehead atoms. The third-order valence-electron chi connectivity index (χ3n) is 4.41. The van der Waals surface area contributed by atoms with Crippen molar-refractivity contribution in [2.24, 2.45) is 0 Å². The number of halogens is 2. The van der Waals surface area contributed by atoms with Gasteiger partial charge in [0.15, 0.2) is 6.61 Å². The first-order chi connectivity index (χ1) is 11.6. The Hall–Kier alpha value is -1.37. The van der Waals surface area contributed by atoms with Crippen LogP contribution < -0.4 is 0 Å². The number of carbonyl (C=O) groups is 2. The molecule has 130 valence electrons. The van der Waals surface area contributed by atoms with Gasteiger partial charge in [0.05, 0.1) is 29.3 Å². The number of aromatic nitrogens is 1. The molecule has 0 N–H and O–H groups in total. The normalized spacial score (nSPS) is 23.5. The Bertz CT molecular complexity index is 639. The molecule has 0 spiro atoms. The SMILES string of the molecule is O=C(OCC(=O)N1CCO[C@H]2CCCC[C@@H]21)c1cnc(Cl)c(Cl)c1. The molecule has 1 aromatic heterocycles. The Labute approximate surface area is 150 Å². The number of hydrogen-bond acceptors (Lipinski definition) is 5. The minimum absolute atomic E-state index is 0.0883. The third kappa shape index (κ3) is 3.82. The average molecular weight is 373 g/mol. The van der Waals surface area contributed by atoms with Gasteiger partial charge in [0.1, 0.15) is 5.15 Å². The zero-order valence-electron chi connectivity index (χ0n) is 13.0. The van der Waals surface area contributed by atoms with Crippen molar-refractivity contribution in [3.8, 4) is 0 Å². The molecule has 2 heterocycles. The summed E-state index contributed by atoms with van der Waals surface area (Å²) in [4.78, 5) is 30.0. The van der Waals surface area contributed by atoms with Gasteiger partial charge in [-0.2, -0.15) is 0 Å². The highest BCUT2D eigenvalue weighted by molar-refractivity contribution is 6.41. The second-order valence-corrected chi connectivity index (χ2v) is 6.69. The lowest BCUT2D eigenvalue weighted by atomic mass is 9.90. The Morgan fingerprint density at radius 3 is 2.92 bits per heavy atom. The molecule has 0 radical (unpaired) electrons. The Balaban J connectivity index is 1.58. The van der Waals surface area contributed by atoms with Gasteiger partial charge in [0.25, 0.3) is 5.91 Å². The van der Waals surface area contributed by atoms with Gasteiger partial charge in [0, 0.05) is 12.7 Å². The molecule has 1 amide bonds. The molecule has 0 aromatic carbocycles. The second kappa shape index (κ2) is 7.68. The molecular formula is C16H18Cl2N2O4. The van der Waals surface area contributed by atoms with Crippen LogP contribution in [0.1, 0.15) is 36.0 Å². The fraction of sp³-hybridized carbons (Fsp3) is 0.562. The highest BCUT2D eigenvalue weighted by Crippen LogP contribution is 2.28. The topological polar surface area (TPSA) is 68.7 Å². The van der Waals surface area contributed by atoms with Crippen molar-refractivity contribution in [1.82, 2.24) is 9.88 Å². The van der Waals surface area contributed by atoms with Crippen LogP contribution in [0.2, 0.25) is 10.2 Å². The number of amides is 1. The maximum atomic E-state index is 12.4. The number of rotatable bonds is 3. The van der Waals surface area contributed by atoms with E-state index < -0.39 is 5.97 Å². The molecule has 24 heavy (non-hydrogen) atoms. The lowest BCUT2D eigenvalue weighted by molar-refractivity contribution is -0.152. The van der Waals surface area contributed by atoms with Crippen molar-refractivity contribution in [3.63, 3.8) is 0 Å². The van der Waals surface area contributed by atoms with Gasteiger partial charge < -0.3 is 14.4 Å². The molecule has 1 saturated heterocycles. The van der Waals surface area contributed by atoms with Crippen LogP contribution in [0.15, 0.2) is 12.3 Å². The highest BCUT2D eigenvalue weighted by Gasteiger charge is 2.36. The smallest absolute Gasteiger partial charge is 0.340 e. The lowest BCUT2D eigenvalue weighted by Crippen LogP contribution is -2.55. The molecule has 1 saturated carbocycles. The number of nitrogens with zero attached hydrogens (tertiary/aromatic N) is 2. The summed E-state index contributed by atoms with van der Waals surface area (Å²) in [6, 6.07) is 1.46. The largest absolute Gasteiger partial charge is 0.452 e. The molecule has 2 aliphatic rings. The Morgan fingerprint density at radius 2 is 2.12 bits per heavy atom. The summed E-state index contributed by atoms with van der Waals surface area (Å²) in [6.07, 6.45) is 5.49. The molecule has 2 fully saturated rings. The van der Waals surface area contributed by atoms with Gasteiger partial charge in [-0.1, -0.05) is 36.0 Å². The average Bonchev–Trinajstić information content (AvgIpc) is 2.61. The van der Waals surface area contributed by atoms with Gasteiger partial charge in [-0.3, -0.25) is 4.79 Å². The van der Waals surface area contributed by atoms with Crippen LogP contribution in [-0.2, 0) is 14.3 Å². The predicted octanol–water partition coefficient (Wildman–Crippen LogP) is 2.72. The summed E-state index contributed by atoms with van der Waals surface area (Å²) < 4.78 is 10.8. The highest BCUT2D eigenvalue weighted by atomic mass is 35.5. The van der Waals surface area contributed by atoms with E-state index in [4.69, 9.17) is 32.7 Å². The van der Waals surface area contributed by atoms with E-state index >= 15 is 0 Å². The van der Waals surface area contributed by atoms with Crippen molar-refractivity contribution >= 4 is 35.1 Å². The zero-order chi connectivity index (χ0) is 17.1. The van der Waals surface area contributed by atoms with E-state index in [1.54, 1.807) is 4.90 Å². The minimum atomic E-state index is -0.650.